The summed E-state index contributed by atoms with van der Waals surface area (Å²) in [6.07, 6.45) is 0.547. The van der Waals surface area contributed by atoms with Gasteiger partial charge in [0.2, 0.25) is 5.79 Å². The lowest BCUT2D eigenvalue weighted by Crippen LogP contribution is -2.41. The van der Waals surface area contributed by atoms with E-state index < -0.39 is 26.5 Å². The van der Waals surface area contributed by atoms with Crippen LogP contribution in [0.5, 0.6) is 0 Å². The lowest BCUT2D eigenvalue weighted by Gasteiger charge is -2.41. The third-order valence-electron chi connectivity index (χ3n) is 3.24. The van der Waals surface area contributed by atoms with E-state index in [-0.39, 0.29) is 30.2 Å². The number of hydrogen-bond donors (Lipinski definition) is 0. The van der Waals surface area contributed by atoms with E-state index in [2.05, 4.69) is 0 Å². The van der Waals surface area contributed by atoms with Crippen molar-refractivity contribution in [1.29, 1.82) is 0 Å². The maximum absolute atomic E-state index is 14.4. The van der Waals surface area contributed by atoms with Gasteiger partial charge in [-0.15, -0.1) is 9.60 Å². The smallest absolute Gasteiger partial charge is 0.218 e. The van der Waals surface area contributed by atoms with Crippen LogP contribution in [0, 0.1) is 0 Å². The molecule has 1 aromatic rings. The summed E-state index contributed by atoms with van der Waals surface area (Å²) in [7, 11) is -9.78. The van der Waals surface area contributed by atoms with Crippen LogP contribution >= 0.6 is 10.2 Å². The van der Waals surface area contributed by atoms with Gasteiger partial charge in [-0.1, -0.05) is 31.6 Å². The van der Waals surface area contributed by atoms with Crippen LogP contribution in [-0.2, 0) is 5.79 Å². The minimum absolute atomic E-state index is 0.0979. The fourth-order valence-electron chi connectivity index (χ4n) is 2.16. The molecule has 1 atom stereocenters. The topological polar surface area (TPSA) is 3.24 Å². The summed E-state index contributed by atoms with van der Waals surface area (Å²) in [5.74, 6) is -2.56. The van der Waals surface area contributed by atoms with Crippen molar-refractivity contribution < 1.29 is 28.3 Å². The highest BCUT2D eigenvalue weighted by Crippen LogP contribution is 3.02. The Morgan fingerprint density at radius 1 is 0.950 bits per heavy atom. The standard InChI is InChI=1S/C11H12F7NS/c12-11(7-1-2-8-19(11)13)9-3-5-10(6-4-9)20(14,15,16,17)18/h3-6H,1-2,7-8H2. The Balaban J connectivity index is 2.39. The number of nitrogens with zero attached hydrogens (tertiary/aromatic N) is 1. The monoisotopic (exact) mass is 323 g/mol. The number of rotatable bonds is 2. The van der Waals surface area contributed by atoms with E-state index in [1.807, 2.05) is 0 Å². The van der Waals surface area contributed by atoms with Crippen LogP contribution in [0.3, 0.4) is 0 Å². The molecule has 1 aliphatic heterocycles. The predicted molar refractivity (Wildman–Crippen MR) is 62.3 cm³/mol. The van der Waals surface area contributed by atoms with Crippen molar-refractivity contribution >= 4 is 10.2 Å². The summed E-state index contributed by atoms with van der Waals surface area (Å²) in [5.41, 5.74) is -0.398. The lowest BCUT2D eigenvalue weighted by molar-refractivity contribution is -0.185. The average Bonchev–Trinajstić information content (AvgIpc) is 2.30. The predicted octanol–water partition coefficient (Wildman–Crippen LogP) is 5.84. The van der Waals surface area contributed by atoms with Gasteiger partial charge >= 0.3 is 10.2 Å². The average molecular weight is 323 g/mol. The van der Waals surface area contributed by atoms with Gasteiger partial charge in [-0.25, -0.2) is 4.39 Å². The van der Waals surface area contributed by atoms with Crippen LogP contribution in [-0.4, -0.2) is 11.7 Å². The van der Waals surface area contributed by atoms with Gasteiger partial charge in [0.1, 0.15) is 4.90 Å². The quantitative estimate of drug-likeness (QED) is 0.376. The van der Waals surface area contributed by atoms with E-state index in [0.717, 1.165) is 0 Å². The van der Waals surface area contributed by atoms with Gasteiger partial charge in [0.25, 0.3) is 0 Å². The molecule has 0 amide bonds. The Labute approximate surface area is 111 Å². The van der Waals surface area contributed by atoms with Gasteiger partial charge in [0, 0.05) is 18.5 Å². The summed E-state index contributed by atoms with van der Waals surface area (Å²) in [6.45, 7) is -0.195. The van der Waals surface area contributed by atoms with Crippen molar-refractivity contribution in [2.45, 2.75) is 30.0 Å². The highest BCUT2D eigenvalue weighted by molar-refractivity contribution is 8.45. The molecule has 0 aliphatic carbocycles. The molecule has 0 radical (unpaired) electrons. The number of alkyl halides is 1. The van der Waals surface area contributed by atoms with E-state index in [1.54, 1.807) is 0 Å². The first-order valence-corrected chi connectivity index (χ1v) is 7.75. The van der Waals surface area contributed by atoms with Crippen molar-refractivity contribution in [3.8, 4) is 0 Å². The zero-order chi connectivity index (χ0) is 15.3. The van der Waals surface area contributed by atoms with Crippen LogP contribution in [0.1, 0.15) is 24.8 Å². The lowest BCUT2D eigenvalue weighted by atomic mass is 9.95. The fraction of sp³-hybridized carbons (Fsp3) is 0.455. The third-order valence-corrected chi connectivity index (χ3v) is 4.40. The molecule has 1 heterocycles. The molecule has 2 rings (SSSR count). The molecule has 1 fully saturated rings. The second-order valence-corrected chi connectivity index (χ2v) is 7.20. The molecule has 20 heavy (non-hydrogen) atoms. The minimum Gasteiger partial charge on any atom is -0.218 e. The summed E-state index contributed by atoms with van der Waals surface area (Å²) in [5, 5.41) is -0.106. The first-order chi connectivity index (χ1) is 8.83. The first kappa shape index (κ1) is 15.4. The molecule has 1 aliphatic rings. The summed E-state index contributed by atoms with van der Waals surface area (Å²) >= 11 is 0. The molecular weight excluding hydrogens is 311 g/mol. The number of hydrogen-bond acceptors (Lipinski definition) is 1. The van der Waals surface area contributed by atoms with Crippen LogP contribution in [0.15, 0.2) is 29.2 Å². The minimum atomic E-state index is -9.78. The zero-order valence-corrected chi connectivity index (χ0v) is 11.0. The van der Waals surface area contributed by atoms with Crippen molar-refractivity contribution in [2.24, 2.45) is 0 Å². The van der Waals surface area contributed by atoms with Crippen LogP contribution in [0.25, 0.3) is 0 Å². The molecular formula is C11H12F7NS. The Bertz CT molecular complexity index is 511. The normalized spacial score (nSPS) is 28.8. The molecule has 1 aromatic carbocycles. The number of piperidine rings is 1. The van der Waals surface area contributed by atoms with Crippen LogP contribution < -0.4 is 0 Å². The van der Waals surface area contributed by atoms with Crippen molar-refractivity contribution in [1.82, 2.24) is 5.12 Å². The van der Waals surface area contributed by atoms with Crippen molar-refractivity contribution in [2.75, 3.05) is 6.54 Å². The van der Waals surface area contributed by atoms with Gasteiger partial charge in [-0.2, -0.15) is 0 Å². The Morgan fingerprint density at radius 2 is 1.50 bits per heavy atom. The van der Waals surface area contributed by atoms with E-state index in [1.165, 1.54) is 0 Å². The Hall–Kier alpha value is -0.960. The first-order valence-electron chi connectivity index (χ1n) is 5.80. The highest BCUT2D eigenvalue weighted by atomic mass is 32.5. The molecule has 0 saturated carbocycles. The van der Waals surface area contributed by atoms with E-state index in [9.17, 15) is 28.3 Å². The molecule has 9 heteroatoms. The van der Waals surface area contributed by atoms with Gasteiger partial charge in [-0.3, -0.25) is 0 Å². The Morgan fingerprint density at radius 3 is 1.95 bits per heavy atom. The SMILES string of the molecule is FN1CCCCC1(F)c1ccc(S(F)(F)(F)(F)F)cc1. The van der Waals surface area contributed by atoms with E-state index in [0.29, 0.717) is 25.0 Å². The van der Waals surface area contributed by atoms with Crippen molar-refractivity contribution in [3.05, 3.63) is 29.8 Å². The maximum atomic E-state index is 14.4. The van der Waals surface area contributed by atoms with Crippen molar-refractivity contribution in [3.63, 3.8) is 0 Å². The van der Waals surface area contributed by atoms with Crippen LogP contribution in [0.4, 0.5) is 28.3 Å². The summed E-state index contributed by atoms with van der Waals surface area (Å²) < 4.78 is 90.5. The second kappa shape index (κ2) is 3.82. The van der Waals surface area contributed by atoms with Gasteiger partial charge < -0.3 is 0 Å². The molecule has 116 valence electrons. The van der Waals surface area contributed by atoms with Gasteiger partial charge in [0.15, 0.2) is 0 Å². The van der Waals surface area contributed by atoms with Gasteiger partial charge in [0.05, 0.1) is 0 Å². The number of benzene rings is 1. The molecule has 0 spiro atoms. The molecule has 1 unspecified atom stereocenters. The van der Waals surface area contributed by atoms with Crippen LogP contribution in [0.2, 0.25) is 0 Å². The third kappa shape index (κ3) is 2.88. The highest BCUT2D eigenvalue weighted by Gasteiger charge is 2.65. The zero-order valence-electron chi connectivity index (χ0n) is 10.1. The largest absolute Gasteiger partial charge is 0.310 e. The molecule has 0 aromatic heterocycles. The molecule has 0 N–H and O–H groups in total. The summed E-state index contributed by atoms with van der Waals surface area (Å²) in [6, 6.07) is 1.32. The fourth-order valence-corrected chi connectivity index (χ4v) is 2.81. The summed E-state index contributed by atoms with van der Waals surface area (Å²) in [4.78, 5) is -2.11. The second-order valence-electron chi connectivity index (χ2n) is 4.80. The maximum Gasteiger partial charge on any atom is 0.310 e. The molecule has 0 bridgehead atoms. The van der Waals surface area contributed by atoms with Gasteiger partial charge in [-0.05, 0) is 25.0 Å². The number of halogens is 7. The Kier molecular flexibility index (Phi) is 2.95. The van der Waals surface area contributed by atoms with E-state index >= 15 is 0 Å². The molecule has 1 nitrogen and oxygen atoms in total. The van der Waals surface area contributed by atoms with E-state index in [4.69, 9.17) is 0 Å². The molecule has 1 saturated heterocycles.